The zero-order valence-corrected chi connectivity index (χ0v) is 11.0. The molecule has 0 unspecified atom stereocenters. The second-order valence-corrected chi connectivity index (χ2v) is 4.41. The normalized spacial score (nSPS) is 12.0. The molecule has 92 valence electrons. The minimum absolute atomic E-state index is 0.184. The number of aromatic nitrogens is 4. The van der Waals surface area contributed by atoms with Crippen molar-refractivity contribution in [3.63, 3.8) is 0 Å². The standard InChI is InChI=1S/C10H20ClN5/c1-4-10(5-2,7-11)8-12-6-9-13-15-16(3)14-9/h12H,4-8H2,1-3H3. The van der Waals surface area contributed by atoms with E-state index in [1.54, 1.807) is 7.05 Å². The van der Waals surface area contributed by atoms with E-state index in [-0.39, 0.29) is 5.41 Å². The lowest BCUT2D eigenvalue weighted by Crippen LogP contribution is -2.35. The van der Waals surface area contributed by atoms with Crippen molar-refractivity contribution in [2.45, 2.75) is 33.2 Å². The van der Waals surface area contributed by atoms with Gasteiger partial charge in [-0.15, -0.1) is 21.8 Å². The Bertz CT molecular complexity index is 300. The van der Waals surface area contributed by atoms with E-state index in [1.165, 1.54) is 4.80 Å². The van der Waals surface area contributed by atoms with Gasteiger partial charge in [0, 0.05) is 12.4 Å². The van der Waals surface area contributed by atoms with E-state index in [0.29, 0.717) is 12.4 Å². The smallest absolute Gasteiger partial charge is 0.188 e. The van der Waals surface area contributed by atoms with Crippen molar-refractivity contribution in [1.82, 2.24) is 25.5 Å². The average molecular weight is 246 g/mol. The van der Waals surface area contributed by atoms with E-state index >= 15 is 0 Å². The van der Waals surface area contributed by atoms with Gasteiger partial charge in [0.25, 0.3) is 0 Å². The molecule has 0 amide bonds. The van der Waals surface area contributed by atoms with Crippen LogP contribution in [0.25, 0.3) is 0 Å². The topological polar surface area (TPSA) is 55.6 Å². The molecule has 0 aromatic carbocycles. The van der Waals surface area contributed by atoms with Crippen molar-refractivity contribution in [3.8, 4) is 0 Å². The fraction of sp³-hybridized carbons (Fsp3) is 0.900. The SMILES string of the molecule is CCC(CC)(CCl)CNCc1nnn(C)n1. The lowest BCUT2D eigenvalue weighted by Gasteiger charge is -2.29. The summed E-state index contributed by atoms with van der Waals surface area (Å²) in [4.78, 5) is 1.46. The summed E-state index contributed by atoms with van der Waals surface area (Å²) in [5.74, 6) is 1.40. The molecule has 0 aliphatic heterocycles. The molecule has 1 aromatic rings. The first-order valence-electron chi connectivity index (χ1n) is 5.65. The highest BCUT2D eigenvalue weighted by Crippen LogP contribution is 2.26. The molecule has 0 atom stereocenters. The van der Waals surface area contributed by atoms with E-state index in [9.17, 15) is 0 Å². The Hall–Kier alpha value is -0.680. The molecule has 0 radical (unpaired) electrons. The summed E-state index contributed by atoms with van der Waals surface area (Å²) in [5.41, 5.74) is 0.184. The molecule has 0 fully saturated rings. The van der Waals surface area contributed by atoms with Crippen molar-refractivity contribution in [1.29, 1.82) is 0 Å². The zero-order valence-electron chi connectivity index (χ0n) is 10.2. The summed E-state index contributed by atoms with van der Waals surface area (Å²) in [6.07, 6.45) is 2.15. The highest BCUT2D eigenvalue weighted by Gasteiger charge is 2.24. The maximum Gasteiger partial charge on any atom is 0.188 e. The Morgan fingerprint density at radius 2 is 2.06 bits per heavy atom. The Morgan fingerprint density at radius 1 is 1.38 bits per heavy atom. The predicted octanol–water partition coefficient (Wildman–Crippen LogP) is 1.34. The molecule has 1 N–H and O–H groups in total. The maximum absolute atomic E-state index is 6.02. The number of rotatable bonds is 7. The summed E-state index contributed by atoms with van der Waals surface area (Å²) >= 11 is 6.02. The summed E-state index contributed by atoms with van der Waals surface area (Å²) in [7, 11) is 1.76. The molecule has 6 heteroatoms. The second kappa shape index (κ2) is 6.15. The minimum Gasteiger partial charge on any atom is -0.309 e. The lowest BCUT2D eigenvalue weighted by atomic mass is 9.84. The summed E-state index contributed by atoms with van der Waals surface area (Å²) in [5, 5.41) is 15.2. The first kappa shape index (κ1) is 13.4. The average Bonchev–Trinajstić information content (AvgIpc) is 2.71. The summed E-state index contributed by atoms with van der Waals surface area (Å²) in [6, 6.07) is 0. The second-order valence-electron chi connectivity index (χ2n) is 4.14. The van der Waals surface area contributed by atoms with Crippen molar-refractivity contribution >= 4 is 11.6 Å². The fourth-order valence-corrected chi connectivity index (χ4v) is 2.04. The zero-order chi connectivity index (χ0) is 12.0. The molecule has 0 saturated carbocycles. The number of nitrogens with zero attached hydrogens (tertiary/aromatic N) is 4. The van der Waals surface area contributed by atoms with Crippen LogP contribution in [-0.2, 0) is 13.6 Å². The van der Waals surface area contributed by atoms with Gasteiger partial charge in [0.05, 0.1) is 13.6 Å². The third kappa shape index (κ3) is 3.42. The fourth-order valence-electron chi connectivity index (χ4n) is 1.57. The maximum atomic E-state index is 6.02. The van der Waals surface area contributed by atoms with Gasteiger partial charge >= 0.3 is 0 Å². The van der Waals surface area contributed by atoms with E-state index in [1.807, 2.05) is 0 Å². The summed E-state index contributed by atoms with van der Waals surface area (Å²) in [6.45, 7) is 5.89. The quantitative estimate of drug-likeness (QED) is 0.737. The number of hydrogen-bond donors (Lipinski definition) is 1. The highest BCUT2D eigenvalue weighted by molar-refractivity contribution is 6.18. The summed E-state index contributed by atoms with van der Waals surface area (Å²) < 4.78 is 0. The van der Waals surface area contributed by atoms with Crippen molar-refractivity contribution in [2.24, 2.45) is 12.5 Å². The van der Waals surface area contributed by atoms with Crippen LogP contribution in [0.3, 0.4) is 0 Å². The van der Waals surface area contributed by atoms with E-state index < -0.39 is 0 Å². The number of tetrazole rings is 1. The molecule has 1 heterocycles. The molecule has 16 heavy (non-hydrogen) atoms. The van der Waals surface area contributed by atoms with Crippen LogP contribution >= 0.6 is 11.6 Å². The van der Waals surface area contributed by atoms with Crippen LogP contribution < -0.4 is 5.32 Å². The number of nitrogens with one attached hydrogen (secondary N) is 1. The first-order valence-corrected chi connectivity index (χ1v) is 6.19. The van der Waals surface area contributed by atoms with Gasteiger partial charge in [-0.2, -0.15) is 4.80 Å². The molecule has 0 spiro atoms. The molecular weight excluding hydrogens is 226 g/mol. The van der Waals surface area contributed by atoms with Crippen molar-refractivity contribution in [3.05, 3.63) is 5.82 Å². The van der Waals surface area contributed by atoms with Crippen LogP contribution in [0, 0.1) is 5.41 Å². The van der Waals surface area contributed by atoms with Gasteiger partial charge in [0.1, 0.15) is 0 Å². The molecule has 0 saturated heterocycles. The van der Waals surface area contributed by atoms with E-state index in [4.69, 9.17) is 11.6 Å². The molecular formula is C10H20ClN5. The van der Waals surface area contributed by atoms with Crippen LogP contribution in [0.2, 0.25) is 0 Å². The van der Waals surface area contributed by atoms with Crippen molar-refractivity contribution in [2.75, 3.05) is 12.4 Å². The van der Waals surface area contributed by atoms with Crippen LogP contribution in [0.5, 0.6) is 0 Å². The van der Waals surface area contributed by atoms with Gasteiger partial charge in [-0.25, -0.2) is 0 Å². The predicted molar refractivity (Wildman–Crippen MR) is 64.2 cm³/mol. The number of alkyl halides is 1. The molecule has 0 aliphatic rings. The van der Waals surface area contributed by atoms with Gasteiger partial charge in [-0.05, 0) is 23.5 Å². The lowest BCUT2D eigenvalue weighted by molar-refractivity contribution is 0.285. The largest absolute Gasteiger partial charge is 0.309 e. The molecule has 1 aromatic heterocycles. The van der Waals surface area contributed by atoms with Crippen LogP contribution in [0.15, 0.2) is 0 Å². The van der Waals surface area contributed by atoms with Gasteiger partial charge in [0.2, 0.25) is 0 Å². The third-order valence-electron chi connectivity index (χ3n) is 3.12. The molecule has 5 nitrogen and oxygen atoms in total. The monoisotopic (exact) mass is 245 g/mol. The van der Waals surface area contributed by atoms with E-state index in [2.05, 4.69) is 34.6 Å². The van der Waals surface area contributed by atoms with Gasteiger partial charge < -0.3 is 5.32 Å². The number of halogens is 1. The minimum atomic E-state index is 0.184. The van der Waals surface area contributed by atoms with Crippen LogP contribution in [-0.4, -0.2) is 32.6 Å². The number of hydrogen-bond acceptors (Lipinski definition) is 4. The van der Waals surface area contributed by atoms with Crippen LogP contribution in [0.1, 0.15) is 32.5 Å². The van der Waals surface area contributed by atoms with E-state index in [0.717, 1.165) is 25.2 Å². The molecule has 0 bridgehead atoms. The van der Waals surface area contributed by atoms with Gasteiger partial charge in [-0.1, -0.05) is 13.8 Å². The number of aryl methyl sites for hydroxylation is 1. The third-order valence-corrected chi connectivity index (χ3v) is 3.68. The Morgan fingerprint density at radius 3 is 2.50 bits per heavy atom. The Balaban J connectivity index is 2.39. The van der Waals surface area contributed by atoms with Crippen LogP contribution in [0.4, 0.5) is 0 Å². The first-order chi connectivity index (χ1) is 7.65. The molecule has 0 aliphatic carbocycles. The van der Waals surface area contributed by atoms with Gasteiger partial charge in [-0.3, -0.25) is 0 Å². The van der Waals surface area contributed by atoms with Crippen molar-refractivity contribution < 1.29 is 0 Å². The Labute approximate surface area is 102 Å². The van der Waals surface area contributed by atoms with Gasteiger partial charge in [0.15, 0.2) is 5.82 Å². The Kier molecular flexibility index (Phi) is 5.15. The highest BCUT2D eigenvalue weighted by atomic mass is 35.5. The molecule has 1 rings (SSSR count).